The van der Waals surface area contributed by atoms with Gasteiger partial charge in [-0.25, -0.2) is 0 Å². The van der Waals surface area contributed by atoms with Gasteiger partial charge in [0.25, 0.3) is 0 Å². The zero-order valence-corrected chi connectivity index (χ0v) is 11.2. The molecule has 0 spiro atoms. The third-order valence-corrected chi connectivity index (χ3v) is 5.21. The van der Waals surface area contributed by atoms with Gasteiger partial charge in [-0.3, -0.25) is 4.79 Å². The Labute approximate surface area is 105 Å². The van der Waals surface area contributed by atoms with Gasteiger partial charge >= 0.3 is 5.97 Å². The molecule has 0 bridgehead atoms. The molecule has 98 valence electrons. The van der Waals surface area contributed by atoms with Crippen molar-refractivity contribution in [3.8, 4) is 0 Å². The lowest BCUT2D eigenvalue weighted by atomic mass is 9.66. The molecule has 3 unspecified atom stereocenters. The number of carbonyl (C=O) groups is 1. The number of rotatable bonds is 3. The fraction of sp³-hybridized carbons (Fsp3) is 0.933. The quantitative estimate of drug-likeness (QED) is 0.808. The standard InChI is InChI=1S/C15H26O2/c1-10(2)12-7-8-13(15(16)17)14(9-12)11-5-3-4-6-11/h10-14H,3-9H2,1-2H3,(H,16,17). The van der Waals surface area contributed by atoms with Crippen molar-refractivity contribution in [3.05, 3.63) is 0 Å². The zero-order chi connectivity index (χ0) is 12.4. The van der Waals surface area contributed by atoms with E-state index >= 15 is 0 Å². The maximum atomic E-state index is 11.4. The molecule has 0 amide bonds. The maximum absolute atomic E-state index is 11.4. The average molecular weight is 238 g/mol. The van der Waals surface area contributed by atoms with E-state index in [1.165, 1.54) is 32.1 Å². The molecular formula is C15H26O2. The topological polar surface area (TPSA) is 37.3 Å². The van der Waals surface area contributed by atoms with Gasteiger partial charge < -0.3 is 5.11 Å². The first-order valence-corrected chi connectivity index (χ1v) is 7.32. The molecule has 0 aromatic carbocycles. The van der Waals surface area contributed by atoms with Gasteiger partial charge in [-0.1, -0.05) is 39.5 Å². The Morgan fingerprint density at radius 2 is 1.76 bits per heavy atom. The first kappa shape index (κ1) is 12.9. The second kappa shape index (κ2) is 5.41. The molecule has 2 fully saturated rings. The van der Waals surface area contributed by atoms with Crippen molar-refractivity contribution >= 4 is 5.97 Å². The van der Waals surface area contributed by atoms with Crippen molar-refractivity contribution in [2.75, 3.05) is 0 Å². The molecule has 3 atom stereocenters. The highest BCUT2D eigenvalue weighted by Crippen LogP contribution is 2.46. The molecular weight excluding hydrogens is 212 g/mol. The summed E-state index contributed by atoms with van der Waals surface area (Å²) in [6, 6.07) is 0. The maximum Gasteiger partial charge on any atom is 0.306 e. The fourth-order valence-electron chi connectivity index (χ4n) is 4.06. The van der Waals surface area contributed by atoms with E-state index in [4.69, 9.17) is 0 Å². The highest BCUT2D eigenvalue weighted by Gasteiger charge is 2.40. The summed E-state index contributed by atoms with van der Waals surface area (Å²) in [7, 11) is 0. The van der Waals surface area contributed by atoms with Gasteiger partial charge in [-0.05, 0) is 42.9 Å². The summed E-state index contributed by atoms with van der Waals surface area (Å²) in [5, 5.41) is 9.39. The van der Waals surface area contributed by atoms with Gasteiger partial charge in [-0.15, -0.1) is 0 Å². The lowest BCUT2D eigenvalue weighted by Crippen LogP contribution is -2.35. The number of carboxylic acid groups (broad SMARTS) is 1. The second-order valence-corrected chi connectivity index (χ2v) is 6.47. The van der Waals surface area contributed by atoms with Crippen LogP contribution in [-0.2, 0) is 4.79 Å². The summed E-state index contributed by atoms with van der Waals surface area (Å²) in [6.45, 7) is 4.58. The van der Waals surface area contributed by atoms with Gasteiger partial charge in [0.05, 0.1) is 5.92 Å². The van der Waals surface area contributed by atoms with Gasteiger partial charge in [0.1, 0.15) is 0 Å². The molecule has 0 saturated heterocycles. The Bertz CT molecular complexity index is 266. The summed E-state index contributed by atoms with van der Waals surface area (Å²) < 4.78 is 0. The SMILES string of the molecule is CC(C)C1CCC(C(=O)O)C(C2CCCC2)C1. The number of carboxylic acids is 1. The number of aliphatic carboxylic acids is 1. The van der Waals surface area contributed by atoms with Crippen LogP contribution < -0.4 is 0 Å². The molecule has 2 aliphatic rings. The Morgan fingerprint density at radius 3 is 2.29 bits per heavy atom. The Kier molecular flexibility index (Phi) is 4.11. The molecule has 0 aliphatic heterocycles. The minimum atomic E-state index is -0.538. The molecule has 1 N–H and O–H groups in total. The van der Waals surface area contributed by atoms with E-state index in [-0.39, 0.29) is 5.92 Å². The normalized spacial score (nSPS) is 35.4. The minimum Gasteiger partial charge on any atom is -0.481 e. The average Bonchev–Trinajstić information content (AvgIpc) is 2.81. The lowest BCUT2D eigenvalue weighted by molar-refractivity contribution is -0.146. The fourth-order valence-corrected chi connectivity index (χ4v) is 4.06. The van der Waals surface area contributed by atoms with Crippen LogP contribution >= 0.6 is 0 Å². The minimum absolute atomic E-state index is 0.0481. The van der Waals surface area contributed by atoms with Crippen molar-refractivity contribution in [3.63, 3.8) is 0 Å². The van der Waals surface area contributed by atoms with Crippen LogP contribution in [0.5, 0.6) is 0 Å². The molecule has 0 aromatic rings. The van der Waals surface area contributed by atoms with Crippen LogP contribution in [0.2, 0.25) is 0 Å². The molecule has 0 heterocycles. The highest BCUT2D eigenvalue weighted by molar-refractivity contribution is 5.70. The molecule has 0 aromatic heterocycles. The Balaban J connectivity index is 2.06. The van der Waals surface area contributed by atoms with E-state index in [0.29, 0.717) is 17.8 Å². The highest BCUT2D eigenvalue weighted by atomic mass is 16.4. The lowest BCUT2D eigenvalue weighted by Gasteiger charge is -2.39. The van der Waals surface area contributed by atoms with E-state index < -0.39 is 5.97 Å². The van der Waals surface area contributed by atoms with Gasteiger partial charge in [0.15, 0.2) is 0 Å². The molecule has 2 nitrogen and oxygen atoms in total. The van der Waals surface area contributed by atoms with Crippen LogP contribution in [0, 0.1) is 29.6 Å². The summed E-state index contributed by atoms with van der Waals surface area (Å²) in [6.07, 6.45) is 8.40. The van der Waals surface area contributed by atoms with E-state index in [1.54, 1.807) is 0 Å². The molecule has 17 heavy (non-hydrogen) atoms. The summed E-state index contributed by atoms with van der Waals surface area (Å²) >= 11 is 0. The first-order valence-electron chi connectivity index (χ1n) is 7.32. The number of hydrogen-bond donors (Lipinski definition) is 1. The van der Waals surface area contributed by atoms with Crippen LogP contribution in [0.3, 0.4) is 0 Å². The predicted octanol–water partition coefficient (Wildman–Crippen LogP) is 3.95. The monoisotopic (exact) mass is 238 g/mol. The van der Waals surface area contributed by atoms with Gasteiger partial charge in [0.2, 0.25) is 0 Å². The van der Waals surface area contributed by atoms with Crippen molar-refractivity contribution in [2.24, 2.45) is 29.6 Å². The number of hydrogen-bond acceptors (Lipinski definition) is 1. The van der Waals surface area contributed by atoms with Gasteiger partial charge in [-0.2, -0.15) is 0 Å². The molecule has 2 rings (SSSR count). The van der Waals surface area contributed by atoms with Crippen LogP contribution in [0.15, 0.2) is 0 Å². The Morgan fingerprint density at radius 1 is 1.12 bits per heavy atom. The second-order valence-electron chi connectivity index (χ2n) is 6.47. The zero-order valence-electron chi connectivity index (χ0n) is 11.2. The van der Waals surface area contributed by atoms with E-state index in [9.17, 15) is 9.90 Å². The molecule has 2 heteroatoms. The summed E-state index contributed by atoms with van der Waals surface area (Å²) in [5.41, 5.74) is 0. The van der Waals surface area contributed by atoms with Crippen LogP contribution in [0.1, 0.15) is 58.8 Å². The van der Waals surface area contributed by atoms with Gasteiger partial charge in [0, 0.05) is 0 Å². The van der Waals surface area contributed by atoms with E-state index in [1.807, 2.05) is 0 Å². The van der Waals surface area contributed by atoms with Crippen molar-refractivity contribution in [1.82, 2.24) is 0 Å². The summed E-state index contributed by atoms with van der Waals surface area (Å²) in [4.78, 5) is 11.4. The largest absolute Gasteiger partial charge is 0.481 e. The predicted molar refractivity (Wildman–Crippen MR) is 68.8 cm³/mol. The van der Waals surface area contributed by atoms with E-state index in [2.05, 4.69) is 13.8 Å². The van der Waals surface area contributed by atoms with E-state index in [0.717, 1.165) is 18.8 Å². The Hall–Kier alpha value is -0.530. The molecule has 2 saturated carbocycles. The molecule has 2 aliphatic carbocycles. The van der Waals surface area contributed by atoms with Crippen molar-refractivity contribution in [1.29, 1.82) is 0 Å². The first-order chi connectivity index (χ1) is 8.09. The van der Waals surface area contributed by atoms with Crippen molar-refractivity contribution in [2.45, 2.75) is 58.8 Å². The smallest absolute Gasteiger partial charge is 0.306 e. The van der Waals surface area contributed by atoms with Crippen molar-refractivity contribution < 1.29 is 9.90 Å². The third-order valence-electron chi connectivity index (χ3n) is 5.21. The van der Waals surface area contributed by atoms with Crippen LogP contribution in [0.4, 0.5) is 0 Å². The van der Waals surface area contributed by atoms with Crippen LogP contribution in [-0.4, -0.2) is 11.1 Å². The summed E-state index contributed by atoms with van der Waals surface area (Å²) in [5.74, 6) is 2.07. The molecule has 0 radical (unpaired) electrons. The third kappa shape index (κ3) is 2.83. The van der Waals surface area contributed by atoms with Crippen LogP contribution in [0.25, 0.3) is 0 Å².